The topological polar surface area (TPSA) is 49.8 Å². The van der Waals surface area contributed by atoms with Crippen LogP contribution in [0.2, 0.25) is 0 Å². The summed E-state index contributed by atoms with van der Waals surface area (Å²) >= 11 is 0. The molecule has 14 heavy (non-hydrogen) atoms. The van der Waals surface area contributed by atoms with E-state index in [1.165, 1.54) is 7.11 Å². The zero-order chi connectivity index (χ0) is 10.6. The van der Waals surface area contributed by atoms with Crippen molar-refractivity contribution in [3.63, 3.8) is 0 Å². The molecule has 1 rings (SSSR count). The van der Waals surface area contributed by atoms with Gasteiger partial charge in [-0.25, -0.2) is 4.79 Å². The van der Waals surface area contributed by atoms with Crippen LogP contribution in [0.1, 0.15) is 19.3 Å². The third-order valence-electron chi connectivity index (χ3n) is 2.87. The minimum Gasteiger partial charge on any atom is -0.467 e. The maximum Gasteiger partial charge on any atom is 0.334 e. The molecule has 4 heteroatoms. The molecule has 4 nitrogen and oxygen atoms in total. The molecule has 0 aromatic carbocycles. The predicted octanol–water partition coefficient (Wildman–Crippen LogP) is 0.252. The van der Waals surface area contributed by atoms with Crippen molar-refractivity contribution in [2.75, 3.05) is 27.2 Å². The van der Waals surface area contributed by atoms with Gasteiger partial charge in [0.1, 0.15) is 0 Å². The number of nitrogens with zero attached hydrogens (tertiary/aromatic N) is 1. The summed E-state index contributed by atoms with van der Waals surface area (Å²) in [5.41, 5.74) is 0. The molecule has 0 amide bonds. The van der Waals surface area contributed by atoms with Crippen LogP contribution in [0, 0.1) is 5.92 Å². The molecular weight excluding hydrogens is 182 g/mol. The second-order valence-electron chi connectivity index (χ2n) is 4.02. The normalized spacial score (nSPS) is 21.9. The van der Waals surface area contributed by atoms with Gasteiger partial charge in [-0.1, -0.05) is 0 Å². The van der Waals surface area contributed by atoms with Crippen LogP contribution in [0.15, 0.2) is 0 Å². The van der Waals surface area contributed by atoms with Crippen molar-refractivity contribution < 1.29 is 14.6 Å². The second-order valence-corrected chi connectivity index (χ2v) is 4.02. The molecule has 1 saturated heterocycles. The van der Waals surface area contributed by atoms with Crippen molar-refractivity contribution in [3.8, 4) is 0 Å². The number of aliphatic hydroxyl groups is 1. The van der Waals surface area contributed by atoms with Crippen molar-refractivity contribution in [3.05, 3.63) is 0 Å². The number of esters is 1. The summed E-state index contributed by atoms with van der Waals surface area (Å²) in [5, 5.41) is 9.45. The monoisotopic (exact) mass is 201 g/mol. The lowest BCUT2D eigenvalue weighted by Gasteiger charge is -2.29. The van der Waals surface area contributed by atoms with E-state index in [4.69, 9.17) is 0 Å². The highest BCUT2D eigenvalue weighted by atomic mass is 16.5. The molecule has 0 aliphatic carbocycles. The number of ether oxygens (including phenoxy) is 1. The summed E-state index contributed by atoms with van der Waals surface area (Å²) in [7, 11) is 3.40. The van der Waals surface area contributed by atoms with E-state index in [1.54, 1.807) is 0 Å². The number of rotatable bonds is 3. The number of likely N-dealkylation sites (tertiary alicyclic amines) is 1. The van der Waals surface area contributed by atoms with Crippen molar-refractivity contribution in [2.45, 2.75) is 25.4 Å². The van der Waals surface area contributed by atoms with E-state index in [0.717, 1.165) is 25.9 Å². The Kier molecular flexibility index (Phi) is 4.35. The first-order valence-electron chi connectivity index (χ1n) is 5.08. The number of methoxy groups -OCH3 is 1. The van der Waals surface area contributed by atoms with Gasteiger partial charge in [-0.2, -0.15) is 0 Å². The Morgan fingerprint density at radius 1 is 1.57 bits per heavy atom. The van der Waals surface area contributed by atoms with Gasteiger partial charge in [-0.05, 0) is 45.3 Å². The third kappa shape index (κ3) is 3.27. The summed E-state index contributed by atoms with van der Waals surface area (Å²) in [4.78, 5) is 13.2. The molecule has 1 fully saturated rings. The molecule has 0 aromatic heterocycles. The van der Waals surface area contributed by atoms with E-state index in [0.29, 0.717) is 12.3 Å². The molecule has 1 aliphatic rings. The Morgan fingerprint density at radius 2 is 2.14 bits per heavy atom. The molecule has 0 aromatic rings. The van der Waals surface area contributed by atoms with Gasteiger partial charge in [0.15, 0.2) is 6.10 Å². The van der Waals surface area contributed by atoms with Gasteiger partial charge in [-0.3, -0.25) is 0 Å². The molecule has 1 unspecified atom stereocenters. The molecule has 1 N–H and O–H groups in total. The van der Waals surface area contributed by atoms with Crippen LogP contribution in [0.4, 0.5) is 0 Å². The summed E-state index contributed by atoms with van der Waals surface area (Å²) in [6.07, 6.45) is 1.73. The molecule has 0 saturated carbocycles. The first-order chi connectivity index (χ1) is 6.63. The van der Waals surface area contributed by atoms with Gasteiger partial charge < -0.3 is 14.7 Å². The van der Waals surface area contributed by atoms with E-state index >= 15 is 0 Å². The Bertz CT molecular complexity index is 188. The molecule has 1 aliphatic heterocycles. The molecule has 1 heterocycles. The van der Waals surface area contributed by atoms with Gasteiger partial charge in [0, 0.05) is 0 Å². The number of hydrogen-bond acceptors (Lipinski definition) is 4. The minimum absolute atomic E-state index is 0.459. The van der Waals surface area contributed by atoms with E-state index < -0.39 is 12.1 Å². The molecule has 0 bridgehead atoms. The fourth-order valence-electron chi connectivity index (χ4n) is 1.85. The van der Waals surface area contributed by atoms with E-state index in [9.17, 15) is 9.90 Å². The molecule has 0 spiro atoms. The Labute approximate surface area is 84.8 Å². The number of aliphatic hydroxyl groups excluding tert-OH is 1. The summed E-state index contributed by atoms with van der Waals surface area (Å²) in [6, 6.07) is 0. The lowest BCUT2D eigenvalue weighted by Crippen LogP contribution is -2.33. The molecular formula is C10H19NO3. The Morgan fingerprint density at radius 3 is 2.64 bits per heavy atom. The Hall–Kier alpha value is -0.610. The third-order valence-corrected chi connectivity index (χ3v) is 2.87. The highest BCUT2D eigenvalue weighted by Gasteiger charge is 2.23. The van der Waals surface area contributed by atoms with Crippen molar-refractivity contribution in [1.29, 1.82) is 0 Å². The van der Waals surface area contributed by atoms with Crippen molar-refractivity contribution in [1.82, 2.24) is 4.90 Å². The number of piperidine rings is 1. The van der Waals surface area contributed by atoms with Gasteiger partial charge in [0.25, 0.3) is 0 Å². The minimum atomic E-state index is -0.937. The van der Waals surface area contributed by atoms with Crippen molar-refractivity contribution in [2.24, 2.45) is 5.92 Å². The fraction of sp³-hybridized carbons (Fsp3) is 0.900. The molecule has 0 radical (unpaired) electrons. The molecule has 82 valence electrons. The lowest BCUT2D eigenvalue weighted by molar-refractivity contribution is -0.151. The van der Waals surface area contributed by atoms with Crippen LogP contribution in [0.25, 0.3) is 0 Å². The number of carbonyl (C=O) groups is 1. The zero-order valence-corrected chi connectivity index (χ0v) is 8.90. The van der Waals surface area contributed by atoms with Crippen LogP contribution < -0.4 is 0 Å². The lowest BCUT2D eigenvalue weighted by atomic mass is 9.91. The summed E-state index contributed by atoms with van der Waals surface area (Å²) in [6.45, 7) is 2.11. The Balaban J connectivity index is 2.27. The van der Waals surface area contributed by atoms with Crippen LogP contribution in [0.3, 0.4) is 0 Å². The molecule has 1 atom stereocenters. The zero-order valence-electron chi connectivity index (χ0n) is 8.90. The SMILES string of the molecule is COC(=O)C(O)CC1CCN(C)CC1. The van der Waals surface area contributed by atoms with Crippen LogP contribution >= 0.6 is 0 Å². The second kappa shape index (κ2) is 5.32. The first-order valence-corrected chi connectivity index (χ1v) is 5.08. The highest BCUT2D eigenvalue weighted by Crippen LogP contribution is 2.21. The number of carbonyl (C=O) groups excluding carboxylic acids is 1. The van der Waals surface area contributed by atoms with Gasteiger partial charge >= 0.3 is 5.97 Å². The highest BCUT2D eigenvalue weighted by molar-refractivity contribution is 5.74. The van der Waals surface area contributed by atoms with Gasteiger partial charge in [0.2, 0.25) is 0 Å². The van der Waals surface area contributed by atoms with Gasteiger partial charge in [0.05, 0.1) is 7.11 Å². The summed E-state index contributed by atoms with van der Waals surface area (Å²) < 4.78 is 4.48. The predicted molar refractivity (Wildman–Crippen MR) is 52.9 cm³/mol. The van der Waals surface area contributed by atoms with Gasteiger partial charge in [-0.15, -0.1) is 0 Å². The first kappa shape index (κ1) is 11.5. The average Bonchev–Trinajstić information content (AvgIpc) is 2.20. The maximum absolute atomic E-state index is 11.0. The van der Waals surface area contributed by atoms with Crippen LogP contribution in [-0.4, -0.2) is 49.3 Å². The number of hydrogen-bond donors (Lipinski definition) is 1. The standard InChI is InChI=1S/C10H19NO3/c1-11-5-3-8(4-6-11)7-9(12)10(13)14-2/h8-9,12H,3-7H2,1-2H3. The summed E-state index contributed by atoms with van der Waals surface area (Å²) in [5.74, 6) is -0.0516. The average molecular weight is 201 g/mol. The van der Waals surface area contributed by atoms with Crippen LogP contribution in [-0.2, 0) is 9.53 Å². The van der Waals surface area contributed by atoms with Crippen LogP contribution in [0.5, 0.6) is 0 Å². The van der Waals surface area contributed by atoms with E-state index in [1.807, 2.05) is 0 Å². The maximum atomic E-state index is 11.0. The smallest absolute Gasteiger partial charge is 0.334 e. The fourth-order valence-corrected chi connectivity index (χ4v) is 1.85. The quantitative estimate of drug-likeness (QED) is 0.665. The van der Waals surface area contributed by atoms with E-state index in [-0.39, 0.29) is 0 Å². The van der Waals surface area contributed by atoms with E-state index in [2.05, 4.69) is 16.7 Å². The van der Waals surface area contributed by atoms with Crippen molar-refractivity contribution >= 4 is 5.97 Å². The largest absolute Gasteiger partial charge is 0.467 e.